The third-order valence-electron chi connectivity index (χ3n) is 3.10. The van der Waals surface area contributed by atoms with Crippen LogP contribution in [0, 0.1) is 0 Å². The van der Waals surface area contributed by atoms with Gasteiger partial charge in [-0.05, 0) is 55.5 Å². The van der Waals surface area contributed by atoms with Gasteiger partial charge >= 0.3 is 11.8 Å². The summed E-state index contributed by atoms with van der Waals surface area (Å²) in [6.07, 6.45) is 0. The van der Waals surface area contributed by atoms with Gasteiger partial charge in [-0.25, -0.2) is 0 Å². The van der Waals surface area contributed by atoms with Crippen LogP contribution in [0.2, 0.25) is 5.02 Å². The quantitative estimate of drug-likeness (QED) is 0.586. The molecule has 0 saturated heterocycles. The number of nitrogens with one attached hydrogen (secondary N) is 2. The molecule has 2 amide bonds. The van der Waals surface area contributed by atoms with Crippen LogP contribution in [0.3, 0.4) is 0 Å². The van der Waals surface area contributed by atoms with Crippen molar-refractivity contribution in [2.45, 2.75) is 6.92 Å². The molecule has 2 rings (SSSR count). The van der Waals surface area contributed by atoms with Gasteiger partial charge in [-0.3, -0.25) is 9.59 Å². The van der Waals surface area contributed by atoms with Crippen LogP contribution in [-0.4, -0.2) is 31.6 Å². The fourth-order valence-corrected chi connectivity index (χ4v) is 2.06. The van der Waals surface area contributed by atoms with Crippen molar-refractivity contribution in [3.63, 3.8) is 0 Å². The number of halogens is 1. The fourth-order valence-electron chi connectivity index (χ4n) is 1.93. The number of hydrogen-bond donors (Lipinski definition) is 2. The van der Waals surface area contributed by atoms with Gasteiger partial charge in [-0.15, -0.1) is 0 Å². The van der Waals surface area contributed by atoms with Crippen molar-refractivity contribution < 1.29 is 19.1 Å². The summed E-state index contributed by atoms with van der Waals surface area (Å²) in [4.78, 5) is 23.6. The molecule has 0 aromatic heterocycles. The maximum absolute atomic E-state index is 11.8. The van der Waals surface area contributed by atoms with Gasteiger partial charge in [0.15, 0.2) is 0 Å². The lowest BCUT2D eigenvalue weighted by Crippen LogP contribution is -2.37. The van der Waals surface area contributed by atoms with Crippen molar-refractivity contribution in [2.24, 2.45) is 0 Å². The molecular formula is C18H19ClN2O4. The van der Waals surface area contributed by atoms with Crippen molar-refractivity contribution in [2.75, 3.05) is 25.1 Å². The molecule has 0 heterocycles. The van der Waals surface area contributed by atoms with Crippen LogP contribution in [0.1, 0.15) is 6.92 Å². The Morgan fingerprint density at radius 1 is 0.920 bits per heavy atom. The second-order valence-electron chi connectivity index (χ2n) is 4.97. The number of hydrogen-bond acceptors (Lipinski definition) is 4. The number of ether oxygens (including phenoxy) is 2. The topological polar surface area (TPSA) is 76.7 Å². The molecule has 132 valence electrons. The lowest BCUT2D eigenvalue weighted by atomic mass is 10.3. The maximum atomic E-state index is 11.8. The van der Waals surface area contributed by atoms with Crippen molar-refractivity contribution >= 4 is 29.1 Å². The fraction of sp³-hybridized carbons (Fsp3) is 0.222. The molecule has 25 heavy (non-hydrogen) atoms. The molecule has 0 radical (unpaired) electrons. The van der Waals surface area contributed by atoms with Crippen LogP contribution >= 0.6 is 11.6 Å². The molecule has 0 fully saturated rings. The van der Waals surface area contributed by atoms with E-state index in [-0.39, 0.29) is 13.2 Å². The van der Waals surface area contributed by atoms with E-state index < -0.39 is 11.8 Å². The first kappa shape index (κ1) is 18.6. The third kappa shape index (κ3) is 6.35. The highest BCUT2D eigenvalue weighted by Crippen LogP contribution is 2.16. The minimum Gasteiger partial charge on any atom is -0.494 e. The second kappa shape index (κ2) is 9.54. The zero-order chi connectivity index (χ0) is 18.1. The van der Waals surface area contributed by atoms with E-state index in [4.69, 9.17) is 21.1 Å². The molecule has 0 saturated carbocycles. The van der Waals surface area contributed by atoms with E-state index in [0.29, 0.717) is 28.8 Å². The molecule has 2 N–H and O–H groups in total. The van der Waals surface area contributed by atoms with Gasteiger partial charge in [-0.2, -0.15) is 0 Å². The minimum atomic E-state index is -0.740. The summed E-state index contributed by atoms with van der Waals surface area (Å²) in [6, 6.07) is 13.6. The highest BCUT2D eigenvalue weighted by molar-refractivity contribution is 6.39. The molecule has 2 aromatic carbocycles. The number of amides is 2. The SMILES string of the molecule is CCOc1ccc(NC(=O)C(=O)NCCOc2ccc(Cl)cc2)cc1. The number of benzene rings is 2. The normalized spacial score (nSPS) is 10.0. The molecule has 2 aromatic rings. The van der Waals surface area contributed by atoms with Crippen molar-refractivity contribution in [1.82, 2.24) is 5.32 Å². The van der Waals surface area contributed by atoms with E-state index >= 15 is 0 Å². The number of carbonyl (C=O) groups excluding carboxylic acids is 2. The van der Waals surface area contributed by atoms with Gasteiger partial charge in [-0.1, -0.05) is 11.6 Å². The Balaban J connectivity index is 1.70. The summed E-state index contributed by atoms with van der Waals surface area (Å²) in [7, 11) is 0. The van der Waals surface area contributed by atoms with Crippen molar-refractivity contribution in [3.8, 4) is 11.5 Å². The smallest absolute Gasteiger partial charge is 0.313 e. The lowest BCUT2D eigenvalue weighted by Gasteiger charge is -2.09. The van der Waals surface area contributed by atoms with Crippen LogP contribution in [0.15, 0.2) is 48.5 Å². The van der Waals surface area contributed by atoms with Crippen LogP contribution < -0.4 is 20.1 Å². The van der Waals surface area contributed by atoms with Crippen molar-refractivity contribution in [3.05, 3.63) is 53.6 Å². The predicted molar refractivity (Wildman–Crippen MR) is 96.2 cm³/mol. The molecule has 6 nitrogen and oxygen atoms in total. The Bertz CT molecular complexity index is 702. The molecule has 0 aliphatic heterocycles. The second-order valence-corrected chi connectivity index (χ2v) is 5.41. The van der Waals surface area contributed by atoms with Crippen molar-refractivity contribution in [1.29, 1.82) is 0 Å². The Morgan fingerprint density at radius 3 is 2.16 bits per heavy atom. The van der Waals surface area contributed by atoms with E-state index in [1.165, 1.54) is 0 Å². The molecule has 0 bridgehead atoms. The van der Waals surface area contributed by atoms with E-state index in [9.17, 15) is 9.59 Å². The van der Waals surface area contributed by atoms with Gasteiger partial charge < -0.3 is 20.1 Å². The third-order valence-corrected chi connectivity index (χ3v) is 3.35. The summed E-state index contributed by atoms with van der Waals surface area (Å²) in [5.74, 6) is -0.133. The maximum Gasteiger partial charge on any atom is 0.313 e. The monoisotopic (exact) mass is 362 g/mol. The summed E-state index contributed by atoms with van der Waals surface area (Å²) in [5.41, 5.74) is 0.515. The number of rotatable bonds is 7. The van der Waals surface area contributed by atoms with Crippen LogP contribution in [-0.2, 0) is 9.59 Å². The molecule has 0 aliphatic rings. The molecular weight excluding hydrogens is 344 g/mol. The molecule has 0 unspecified atom stereocenters. The van der Waals surface area contributed by atoms with E-state index in [2.05, 4.69) is 10.6 Å². The molecule has 0 aliphatic carbocycles. The first-order valence-corrected chi connectivity index (χ1v) is 8.16. The zero-order valence-corrected chi connectivity index (χ0v) is 14.5. The zero-order valence-electron chi connectivity index (χ0n) is 13.8. The Hall–Kier alpha value is -2.73. The van der Waals surface area contributed by atoms with Gasteiger partial charge in [0.25, 0.3) is 0 Å². The van der Waals surface area contributed by atoms with Crippen LogP contribution in [0.5, 0.6) is 11.5 Å². The average Bonchev–Trinajstić information content (AvgIpc) is 2.62. The highest BCUT2D eigenvalue weighted by Gasteiger charge is 2.13. The van der Waals surface area contributed by atoms with Gasteiger partial charge in [0.05, 0.1) is 13.2 Å². The largest absolute Gasteiger partial charge is 0.494 e. The summed E-state index contributed by atoms with van der Waals surface area (Å²) >= 11 is 5.78. The van der Waals surface area contributed by atoms with E-state index in [0.717, 1.165) is 0 Å². The predicted octanol–water partition coefficient (Wildman–Crippen LogP) is 2.87. The molecule has 7 heteroatoms. The Labute approximate surface area is 151 Å². The standard InChI is InChI=1S/C18H19ClN2O4/c1-2-24-15-9-5-14(6-10-15)21-18(23)17(22)20-11-12-25-16-7-3-13(19)4-8-16/h3-10H,2,11-12H2,1H3,(H,20,22)(H,21,23). The Kier molecular flexibility index (Phi) is 7.10. The van der Waals surface area contributed by atoms with Gasteiger partial charge in [0.2, 0.25) is 0 Å². The summed E-state index contributed by atoms with van der Waals surface area (Å²) in [6.45, 7) is 2.89. The van der Waals surface area contributed by atoms with Gasteiger partial charge in [0.1, 0.15) is 18.1 Å². The first-order valence-electron chi connectivity index (χ1n) is 7.79. The summed E-state index contributed by atoms with van der Waals surface area (Å²) in [5, 5.41) is 5.62. The average molecular weight is 363 g/mol. The van der Waals surface area contributed by atoms with E-state index in [1.54, 1.807) is 48.5 Å². The van der Waals surface area contributed by atoms with Crippen LogP contribution in [0.4, 0.5) is 5.69 Å². The molecule has 0 spiro atoms. The van der Waals surface area contributed by atoms with Crippen LogP contribution in [0.25, 0.3) is 0 Å². The summed E-state index contributed by atoms with van der Waals surface area (Å²) < 4.78 is 10.7. The number of anilines is 1. The first-order chi connectivity index (χ1) is 12.1. The highest BCUT2D eigenvalue weighted by atomic mass is 35.5. The molecule has 0 atom stereocenters. The number of carbonyl (C=O) groups is 2. The Morgan fingerprint density at radius 2 is 1.52 bits per heavy atom. The van der Waals surface area contributed by atoms with E-state index in [1.807, 2.05) is 6.92 Å². The van der Waals surface area contributed by atoms with Gasteiger partial charge in [0, 0.05) is 10.7 Å². The lowest BCUT2D eigenvalue weighted by molar-refractivity contribution is -0.136. The minimum absolute atomic E-state index is 0.207.